The Hall–Kier alpha value is -3.04. The van der Waals surface area contributed by atoms with Gasteiger partial charge in [-0.15, -0.1) is 0 Å². The molecule has 0 aliphatic carbocycles. The van der Waals surface area contributed by atoms with Crippen LogP contribution < -0.4 is 0 Å². The Kier molecular flexibility index (Phi) is 9.18. The normalized spacial score (nSPS) is 33.2. The summed E-state index contributed by atoms with van der Waals surface area (Å²) >= 11 is 0. The lowest BCUT2D eigenvalue weighted by molar-refractivity contribution is -0.214. The number of benzene rings is 2. The van der Waals surface area contributed by atoms with Crippen LogP contribution in [0.5, 0.6) is 0 Å². The predicted octanol–water partition coefficient (Wildman–Crippen LogP) is -1.41. The number of hydrogen-bond donors (Lipinski definition) is 8. The molecule has 5 rings (SSSR count). The third-order valence-electron chi connectivity index (χ3n) is 7.82. The van der Waals surface area contributed by atoms with Crippen molar-refractivity contribution >= 4 is 21.8 Å². The number of aliphatic hydroxyl groups is 8. The first-order valence-electron chi connectivity index (χ1n) is 13.9. The number of rotatable bonds is 4. The zero-order valence-corrected chi connectivity index (χ0v) is 22.9. The van der Waals surface area contributed by atoms with Gasteiger partial charge in [-0.2, -0.15) is 0 Å². The van der Waals surface area contributed by atoms with Gasteiger partial charge in [0.1, 0.15) is 61.0 Å². The zero-order valence-electron chi connectivity index (χ0n) is 22.9. The zero-order chi connectivity index (χ0) is 30.1. The van der Waals surface area contributed by atoms with Crippen LogP contribution in [-0.4, -0.2) is 120 Å². The minimum Gasteiger partial charge on any atom is -0.394 e. The summed E-state index contributed by atoms with van der Waals surface area (Å²) in [6.45, 7) is 1.71. The molecule has 0 amide bonds. The Bertz CT molecular complexity index is 1430. The van der Waals surface area contributed by atoms with Crippen LogP contribution in [0.1, 0.15) is 24.5 Å². The van der Waals surface area contributed by atoms with Gasteiger partial charge in [0.15, 0.2) is 0 Å². The van der Waals surface area contributed by atoms with Gasteiger partial charge in [0.25, 0.3) is 0 Å². The highest BCUT2D eigenvalue weighted by Crippen LogP contribution is 2.31. The first-order chi connectivity index (χ1) is 20.2. The van der Waals surface area contributed by atoms with Crippen molar-refractivity contribution < 1.29 is 50.3 Å². The Balaban J connectivity index is 1.47. The van der Waals surface area contributed by atoms with Gasteiger partial charge in [-0.3, -0.25) is 0 Å². The van der Waals surface area contributed by atoms with E-state index in [1.807, 2.05) is 36.4 Å². The highest BCUT2D eigenvalue weighted by atomic mass is 16.5. The van der Waals surface area contributed by atoms with Crippen molar-refractivity contribution in [1.82, 2.24) is 4.57 Å². The van der Waals surface area contributed by atoms with Gasteiger partial charge in [-0.25, -0.2) is 0 Å². The average molecular weight is 582 g/mol. The van der Waals surface area contributed by atoms with Crippen molar-refractivity contribution in [2.75, 3.05) is 13.2 Å². The fourth-order valence-corrected chi connectivity index (χ4v) is 5.47. The summed E-state index contributed by atoms with van der Waals surface area (Å²) in [5, 5.41) is 81.6. The fraction of sp³-hybridized carbons (Fsp3) is 0.484. The third-order valence-corrected chi connectivity index (χ3v) is 7.82. The molecule has 42 heavy (non-hydrogen) atoms. The van der Waals surface area contributed by atoms with Crippen molar-refractivity contribution in [2.45, 2.75) is 80.9 Å². The van der Waals surface area contributed by atoms with Crippen LogP contribution in [0, 0.1) is 23.7 Å². The average Bonchev–Trinajstić information content (AvgIpc) is 3.30. The second-order valence-corrected chi connectivity index (χ2v) is 10.7. The Morgan fingerprint density at radius 2 is 1.07 bits per heavy atom. The molecule has 3 heterocycles. The van der Waals surface area contributed by atoms with E-state index >= 15 is 0 Å². The van der Waals surface area contributed by atoms with Gasteiger partial charge in [0, 0.05) is 28.4 Å². The Morgan fingerprint density at radius 1 is 0.643 bits per heavy atom. The van der Waals surface area contributed by atoms with Gasteiger partial charge in [0.05, 0.1) is 24.2 Å². The highest BCUT2D eigenvalue weighted by molar-refractivity contribution is 6.08. The minimum atomic E-state index is -1.50. The summed E-state index contributed by atoms with van der Waals surface area (Å²) < 4.78 is 13.1. The topological polar surface area (TPSA) is 185 Å². The summed E-state index contributed by atoms with van der Waals surface area (Å²) in [6.07, 6.45) is -12.2. The van der Waals surface area contributed by atoms with Crippen LogP contribution in [-0.2, 0) is 16.0 Å². The Labute approximate surface area is 242 Å². The molecule has 2 aromatic carbocycles. The molecule has 2 fully saturated rings. The molecule has 11 heteroatoms. The molecule has 2 aliphatic rings. The molecule has 0 bridgehead atoms. The molecular weight excluding hydrogens is 546 g/mol. The third kappa shape index (κ3) is 5.65. The number of aryl methyl sites for hydroxylation is 1. The van der Waals surface area contributed by atoms with Crippen LogP contribution in [0.3, 0.4) is 0 Å². The molecule has 8 N–H and O–H groups in total. The van der Waals surface area contributed by atoms with E-state index in [1.54, 1.807) is 0 Å². The number of aliphatic hydroxyl groups excluding tert-OH is 8. The molecule has 2 aliphatic heterocycles. The van der Waals surface area contributed by atoms with Crippen LogP contribution in [0.15, 0.2) is 36.4 Å². The largest absolute Gasteiger partial charge is 0.394 e. The molecule has 0 radical (unpaired) electrons. The summed E-state index contributed by atoms with van der Waals surface area (Å²) in [5.74, 6) is 11.6. The lowest BCUT2D eigenvalue weighted by Gasteiger charge is -2.37. The molecular formula is C31H35NO10. The van der Waals surface area contributed by atoms with Gasteiger partial charge in [-0.05, 0) is 30.7 Å². The monoisotopic (exact) mass is 581 g/mol. The number of nitrogens with zero attached hydrogens (tertiary/aromatic N) is 1. The minimum absolute atomic E-state index is 0.527. The first-order valence-corrected chi connectivity index (χ1v) is 13.9. The van der Waals surface area contributed by atoms with Crippen LogP contribution >= 0.6 is 0 Å². The summed E-state index contributed by atoms with van der Waals surface area (Å²) in [4.78, 5) is 0. The number of fused-ring (bicyclic) bond motifs is 3. The van der Waals surface area contributed by atoms with E-state index in [0.29, 0.717) is 17.7 Å². The molecule has 3 aromatic rings. The van der Waals surface area contributed by atoms with Crippen molar-refractivity contribution in [3.8, 4) is 23.7 Å². The molecule has 11 nitrogen and oxygen atoms in total. The van der Waals surface area contributed by atoms with E-state index < -0.39 is 74.3 Å². The first kappa shape index (κ1) is 30.4. The van der Waals surface area contributed by atoms with E-state index in [0.717, 1.165) is 28.2 Å². The molecule has 224 valence electrons. The van der Waals surface area contributed by atoms with E-state index in [1.165, 1.54) is 0 Å². The van der Waals surface area contributed by atoms with Gasteiger partial charge >= 0.3 is 0 Å². The van der Waals surface area contributed by atoms with Crippen molar-refractivity contribution in [3.63, 3.8) is 0 Å². The second kappa shape index (κ2) is 12.7. The van der Waals surface area contributed by atoms with Gasteiger partial charge < -0.3 is 54.9 Å². The molecule has 10 atom stereocenters. The summed E-state index contributed by atoms with van der Waals surface area (Å²) in [6, 6.07) is 11.4. The highest BCUT2D eigenvalue weighted by Gasteiger charge is 2.43. The van der Waals surface area contributed by atoms with Crippen molar-refractivity contribution in [2.24, 2.45) is 0 Å². The maximum Gasteiger partial charge on any atom is 0.147 e. The maximum atomic E-state index is 10.3. The molecule has 2 saturated heterocycles. The van der Waals surface area contributed by atoms with Gasteiger partial charge in [0.2, 0.25) is 0 Å². The lowest BCUT2D eigenvalue weighted by atomic mass is 9.95. The van der Waals surface area contributed by atoms with E-state index in [4.69, 9.17) is 9.47 Å². The molecule has 0 unspecified atom stereocenters. The number of hydrogen-bond acceptors (Lipinski definition) is 10. The predicted molar refractivity (Wildman–Crippen MR) is 151 cm³/mol. The van der Waals surface area contributed by atoms with Crippen LogP contribution in [0.25, 0.3) is 21.8 Å². The smallest absolute Gasteiger partial charge is 0.147 e. The molecule has 1 aromatic heterocycles. The Morgan fingerprint density at radius 3 is 1.45 bits per heavy atom. The fourth-order valence-electron chi connectivity index (χ4n) is 5.47. The SMILES string of the molecule is CCCn1c2cc(C#C[C@H]3O[C@H](CO)[C@@H](O)[C@H](O)[C@@H]3O)ccc2c2ccc(C#C[C@H]3O[C@H](CO)[C@@H](O)[C@H](O)[C@@H]3O)cc21. The standard InChI is InChI=1S/C31H35NO10/c1-2-11-32-20-12-16(5-9-22-26(35)30(39)28(37)24(14-33)41-22)3-7-18(20)19-8-4-17(13-21(19)32)6-10-23-27(36)31(40)29(38)25(15-34)42-23/h3-4,7-8,12-13,22-31,33-40H,2,11,14-15H2,1H3/t22-,23-,24-,25-,26-,27-,28-,29-,30-,31-/m1/s1. The van der Waals surface area contributed by atoms with Crippen LogP contribution in [0.2, 0.25) is 0 Å². The quantitative estimate of drug-likeness (QED) is 0.170. The molecule has 0 spiro atoms. The van der Waals surface area contributed by atoms with E-state index in [2.05, 4.69) is 35.2 Å². The number of ether oxygens (including phenoxy) is 2. The van der Waals surface area contributed by atoms with Crippen molar-refractivity contribution in [3.05, 3.63) is 47.5 Å². The second-order valence-electron chi connectivity index (χ2n) is 10.7. The van der Waals surface area contributed by atoms with E-state index in [9.17, 15) is 40.9 Å². The summed E-state index contributed by atoms with van der Waals surface area (Å²) in [5.41, 5.74) is 3.13. The summed E-state index contributed by atoms with van der Waals surface area (Å²) in [7, 11) is 0. The van der Waals surface area contributed by atoms with Gasteiger partial charge in [-0.1, -0.05) is 42.7 Å². The number of aromatic nitrogens is 1. The van der Waals surface area contributed by atoms with E-state index in [-0.39, 0.29) is 0 Å². The molecule has 0 saturated carbocycles. The van der Waals surface area contributed by atoms with Crippen molar-refractivity contribution in [1.29, 1.82) is 0 Å². The van der Waals surface area contributed by atoms with Crippen LogP contribution in [0.4, 0.5) is 0 Å². The lowest BCUT2D eigenvalue weighted by Crippen LogP contribution is -2.58. The maximum absolute atomic E-state index is 10.3.